The van der Waals surface area contributed by atoms with E-state index in [4.69, 9.17) is 4.74 Å². The Bertz CT molecular complexity index is 972. The smallest absolute Gasteiger partial charge is 0.309 e. The van der Waals surface area contributed by atoms with Crippen LogP contribution in [0.4, 0.5) is 0 Å². The summed E-state index contributed by atoms with van der Waals surface area (Å²) in [5, 5.41) is 0. The summed E-state index contributed by atoms with van der Waals surface area (Å²) in [6.07, 6.45) is 3.60. The summed E-state index contributed by atoms with van der Waals surface area (Å²) in [5.41, 5.74) is 3.66. The molecule has 2 aromatic carbocycles. The van der Waals surface area contributed by atoms with Gasteiger partial charge in [-0.1, -0.05) is 42.5 Å². The van der Waals surface area contributed by atoms with Gasteiger partial charge in [-0.25, -0.2) is 0 Å². The second kappa shape index (κ2) is 10.2. The Kier molecular flexibility index (Phi) is 7.40. The standard InChI is InChI=1S/C26H29NO4/c1-18-9-11-23(17-19(18)2)25(29)20(3)31-26(30)22-13-15-27(16-14-22)24(28)12-10-21-7-5-4-6-8-21/h4-12,17,20,22H,13-16H2,1-3H3/b12-10+. The number of esters is 1. The predicted molar refractivity (Wildman–Crippen MR) is 121 cm³/mol. The van der Waals surface area contributed by atoms with Gasteiger partial charge < -0.3 is 9.64 Å². The average Bonchev–Trinajstić information content (AvgIpc) is 2.79. The summed E-state index contributed by atoms with van der Waals surface area (Å²) in [7, 11) is 0. The van der Waals surface area contributed by atoms with Gasteiger partial charge in [0.25, 0.3) is 0 Å². The van der Waals surface area contributed by atoms with Crippen molar-refractivity contribution >= 4 is 23.7 Å². The molecule has 1 aliphatic heterocycles. The monoisotopic (exact) mass is 419 g/mol. The molecule has 1 aliphatic rings. The molecule has 1 fully saturated rings. The summed E-state index contributed by atoms with van der Waals surface area (Å²) < 4.78 is 5.47. The van der Waals surface area contributed by atoms with E-state index in [-0.39, 0.29) is 23.6 Å². The molecule has 0 bridgehead atoms. The Morgan fingerprint density at radius 3 is 2.32 bits per heavy atom. The lowest BCUT2D eigenvalue weighted by molar-refractivity contribution is -0.153. The van der Waals surface area contributed by atoms with Gasteiger partial charge in [0.2, 0.25) is 11.7 Å². The van der Waals surface area contributed by atoms with Gasteiger partial charge in [-0.05, 0) is 62.4 Å². The number of Topliss-reactive ketones (excluding diaryl/α,β-unsaturated/α-hetero) is 1. The third-order valence-electron chi connectivity index (χ3n) is 5.81. The molecule has 5 nitrogen and oxygen atoms in total. The Hall–Kier alpha value is -3.21. The Labute approximate surface area is 183 Å². The summed E-state index contributed by atoms with van der Waals surface area (Å²) in [6, 6.07) is 15.1. The number of benzene rings is 2. The van der Waals surface area contributed by atoms with E-state index in [1.807, 2.05) is 56.3 Å². The van der Waals surface area contributed by atoms with Crippen LogP contribution in [0.15, 0.2) is 54.6 Å². The van der Waals surface area contributed by atoms with Crippen LogP contribution in [0.25, 0.3) is 6.08 Å². The highest BCUT2D eigenvalue weighted by Crippen LogP contribution is 2.21. The molecule has 1 amide bonds. The highest BCUT2D eigenvalue weighted by Gasteiger charge is 2.30. The number of carbonyl (C=O) groups is 3. The number of amides is 1. The maximum Gasteiger partial charge on any atom is 0.309 e. The first-order chi connectivity index (χ1) is 14.8. The van der Waals surface area contributed by atoms with Gasteiger partial charge >= 0.3 is 5.97 Å². The minimum Gasteiger partial charge on any atom is -0.454 e. The van der Waals surface area contributed by atoms with E-state index in [0.29, 0.717) is 31.5 Å². The van der Waals surface area contributed by atoms with Crippen molar-refractivity contribution in [2.75, 3.05) is 13.1 Å². The quantitative estimate of drug-likeness (QED) is 0.396. The SMILES string of the molecule is Cc1ccc(C(=O)C(C)OC(=O)C2CCN(C(=O)/C=C/c3ccccc3)CC2)cc1C. The van der Waals surface area contributed by atoms with Crippen LogP contribution in [-0.4, -0.2) is 41.8 Å². The van der Waals surface area contributed by atoms with Gasteiger partial charge in [0.15, 0.2) is 6.10 Å². The fraction of sp³-hybridized carbons (Fsp3) is 0.346. The van der Waals surface area contributed by atoms with E-state index in [1.54, 1.807) is 30.0 Å². The van der Waals surface area contributed by atoms with Crippen LogP contribution in [0.1, 0.15) is 46.8 Å². The molecule has 1 unspecified atom stereocenters. The van der Waals surface area contributed by atoms with Crippen LogP contribution in [0.5, 0.6) is 0 Å². The lowest BCUT2D eigenvalue weighted by Gasteiger charge is -2.30. The van der Waals surface area contributed by atoms with E-state index >= 15 is 0 Å². The van der Waals surface area contributed by atoms with E-state index in [9.17, 15) is 14.4 Å². The molecule has 1 saturated heterocycles. The van der Waals surface area contributed by atoms with Crippen molar-refractivity contribution in [3.8, 4) is 0 Å². The molecule has 1 atom stereocenters. The molecular weight excluding hydrogens is 390 g/mol. The number of rotatable bonds is 6. The largest absolute Gasteiger partial charge is 0.454 e. The van der Waals surface area contributed by atoms with E-state index in [2.05, 4.69) is 0 Å². The molecule has 0 radical (unpaired) electrons. The number of hydrogen-bond acceptors (Lipinski definition) is 4. The topological polar surface area (TPSA) is 63.7 Å². The lowest BCUT2D eigenvalue weighted by atomic mass is 9.96. The molecule has 162 valence electrons. The van der Waals surface area contributed by atoms with Gasteiger partial charge in [-0.15, -0.1) is 0 Å². The van der Waals surface area contributed by atoms with E-state index < -0.39 is 6.10 Å². The third kappa shape index (κ3) is 5.91. The molecule has 5 heteroatoms. The van der Waals surface area contributed by atoms with Crippen molar-refractivity contribution in [2.24, 2.45) is 5.92 Å². The third-order valence-corrected chi connectivity index (χ3v) is 5.81. The Morgan fingerprint density at radius 2 is 1.68 bits per heavy atom. The van der Waals surface area contributed by atoms with Gasteiger partial charge in [0.05, 0.1) is 5.92 Å². The fourth-order valence-corrected chi connectivity index (χ4v) is 3.63. The second-order valence-electron chi connectivity index (χ2n) is 8.09. The molecular formula is C26H29NO4. The second-order valence-corrected chi connectivity index (χ2v) is 8.09. The molecule has 0 aromatic heterocycles. The number of ether oxygens (including phenoxy) is 1. The molecule has 2 aromatic rings. The number of aryl methyl sites for hydroxylation is 2. The maximum atomic E-state index is 12.6. The van der Waals surface area contributed by atoms with Crippen LogP contribution in [0, 0.1) is 19.8 Å². The minimum atomic E-state index is -0.830. The number of nitrogens with zero attached hydrogens (tertiary/aromatic N) is 1. The zero-order valence-electron chi connectivity index (χ0n) is 18.3. The van der Waals surface area contributed by atoms with Crippen LogP contribution < -0.4 is 0 Å². The first-order valence-corrected chi connectivity index (χ1v) is 10.7. The zero-order chi connectivity index (χ0) is 22.4. The average molecular weight is 420 g/mol. The van der Waals surface area contributed by atoms with Gasteiger partial charge in [-0.2, -0.15) is 0 Å². The lowest BCUT2D eigenvalue weighted by Crippen LogP contribution is -2.40. The molecule has 31 heavy (non-hydrogen) atoms. The van der Waals surface area contributed by atoms with Crippen LogP contribution >= 0.6 is 0 Å². The van der Waals surface area contributed by atoms with Gasteiger partial charge in [-0.3, -0.25) is 14.4 Å². The van der Waals surface area contributed by atoms with Gasteiger partial charge in [0.1, 0.15) is 0 Å². The normalized spacial score (nSPS) is 15.6. The number of carbonyl (C=O) groups excluding carboxylic acids is 3. The van der Waals surface area contributed by atoms with Crippen LogP contribution in [0.2, 0.25) is 0 Å². The number of ketones is 1. The van der Waals surface area contributed by atoms with Gasteiger partial charge in [0, 0.05) is 24.7 Å². The summed E-state index contributed by atoms with van der Waals surface area (Å²) >= 11 is 0. The molecule has 3 rings (SSSR count). The van der Waals surface area contributed by atoms with E-state index in [0.717, 1.165) is 16.7 Å². The van der Waals surface area contributed by atoms with E-state index in [1.165, 1.54) is 0 Å². The van der Waals surface area contributed by atoms with Crippen molar-refractivity contribution in [3.05, 3.63) is 76.9 Å². The zero-order valence-corrected chi connectivity index (χ0v) is 18.3. The fourth-order valence-electron chi connectivity index (χ4n) is 3.63. The molecule has 0 N–H and O–H groups in total. The molecule has 0 spiro atoms. The Morgan fingerprint density at radius 1 is 1.00 bits per heavy atom. The van der Waals surface area contributed by atoms with Crippen LogP contribution in [0.3, 0.4) is 0 Å². The first-order valence-electron chi connectivity index (χ1n) is 10.7. The Balaban J connectivity index is 1.49. The van der Waals surface area contributed by atoms with Crippen molar-refractivity contribution in [1.29, 1.82) is 0 Å². The summed E-state index contributed by atoms with van der Waals surface area (Å²) in [4.78, 5) is 39.3. The highest BCUT2D eigenvalue weighted by molar-refractivity contribution is 6.00. The molecule has 0 saturated carbocycles. The number of likely N-dealkylation sites (tertiary alicyclic amines) is 1. The molecule has 0 aliphatic carbocycles. The summed E-state index contributed by atoms with van der Waals surface area (Å²) in [6.45, 7) is 6.55. The highest BCUT2D eigenvalue weighted by atomic mass is 16.5. The molecule has 1 heterocycles. The van der Waals surface area contributed by atoms with Crippen molar-refractivity contribution in [3.63, 3.8) is 0 Å². The van der Waals surface area contributed by atoms with Crippen molar-refractivity contribution in [2.45, 2.75) is 39.7 Å². The van der Waals surface area contributed by atoms with Crippen molar-refractivity contribution in [1.82, 2.24) is 4.90 Å². The first kappa shape index (κ1) is 22.5. The number of piperidine rings is 1. The minimum absolute atomic E-state index is 0.0612. The van der Waals surface area contributed by atoms with Crippen molar-refractivity contribution < 1.29 is 19.1 Å². The van der Waals surface area contributed by atoms with Crippen LogP contribution in [-0.2, 0) is 14.3 Å². The maximum absolute atomic E-state index is 12.6. The predicted octanol–water partition coefficient (Wildman–Crippen LogP) is 4.37. The summed E-state index contributed by atoms with van der Waals surface area (Å²) in [5.74, 6) is -0.919. The number of hydrogen-bond donors (Lipinski definition) is 0.